The van der Waals surface area contributed by atoms with E-state index in [1.54, 1.807) is 6.92 Å². The van der Waals surface area contributed by atoms with Crippen LogP contribution in [0.3, 0.4) is 0 Å². The number of hydrogen-bond acceptors (Lipinski definition) is 2. The molecule has 1 aromatic carbocycles. The monoisotopic (exact) mass is 227 g/mol. The lowest BCUT2D eigenvalue weighted by molar-refractivity contribution is 0.182. The zero-order chi connectivity index (χ0) is 11.3. The molecule has 0 aliphatic heterocycles. The maximum Gasteiger partial charge on any atom is 0.0524 e. The van der Waals surface area contributed by atoms with Gasteiger partial charge in [-0.2, -0.15) is 0 Å². The summed E-state index contributed by atoms with van der Waals surface area (Å²) in [5, 5.41) is 13.2. The molecule has 2 atom stereocenters. The van der Waals surface area contributed by atoms with Crippen LogP contribution in [0, 0.1) is 0 Å². The molecule has 0 bridgehead atoms. The van der Waals surface area contributed by atoms with E-state index in [1.807, 2.05) is 24.3 Å². The van der Waals surface area contributed by atoms with Crippen LogP contribution in [0.4, 0.5) is 0 Å². The zero-order valence-electron chi connectivity index (χ0n) is 9.20. The van der Waals surface area contributed by atoms with Crippen molar-refractivity contribution in [1.29, 1.82) is 0 Å². The summed E-state index contributed by atoms with van der Waals surface area (Å²) in [5.74, 6) is 0. The van der Waals surface area contributed by atoms with E-state index in [0.717, 1.165) is 18.0 Å². The summed E-state index contributed by atoms with van der Waals surface area (Å²) >= 11 is 5.91. The molecular weight excluding hydrogens is 210 g/mol. The second kappa shape index (κ2) is 6.11. The van der Waals surface area contributed by atoms with Crippen LogP contribution in [-0.4, -0.2) is 17.8 Å². The maximum absolute atomic E-state index is 9.12. The molecule has 0 aliphatic carbocycles. The Bertz CT molecular complexity index is 301. The molecule has 2 nitrogen and oxygen atoms in total. The normalized spacial score (nSPS) is 14.9. The van der Waals surface area contributed by atoms with Crippen molar-refractivity contribution in [2.75, 3.05) is 6.54 Å². The summed E-state index contributed by atoms with van der Waals surface area (Å²) in [6, 6.07) is 8.09. The fraction of sp³-hybridized carbons (Fsp3) is 0.500. The van der Waals surface area contributed by atoms with Gasteiger partial charge in [0.25, 0.3) is 0 Å². The molecular formula is C12H18ClNO. The molecule has 1 rings (SSSR count). The highest BCUT2D eigenvalue weighted by Crippen LogP contribution is 2.17. The van der Waals surface area contributed by atoms with E-state index in [2.05, 4.69) is 12.2 Å². The molecule has 15 heavy (non-hydrogen) atoms. The van der Waals surface area contributed by atoms with Gasteiger partial charge in [0.15, 0.2) is 0 Å². The van der Waals surface area contributed by atoms with Gasteiger partial charge in [0.05, 0.1) is 6.10 Å². The van der Waals surface area contributed by atoms with Crippen molar-refractivity contribution < 1.29 is 5.11 Å². The maximum atomic E-state index is 9.12. The Kier molecular flexibility index (Phi) is 5.09. The predicted molar refractivity (Wildman–Crippen MR) is 64.2 cm³/mol. The zero-order valence-corrected chi connectivity index (χ0v) is 9.96. The first-order valence-corrected chi connectivity index (χ1v) is 5.64. The lowest BCUT2D eigenvalue weighted by atomic mass is 10.1. The van der Waals surface area contributed by atoms with E-state index in [1.165, 1.54) is 5.56 Å². The molecule has 0 saturated carbocycles. The number of rotatable bonds is 5. The molecule has 0 saturated heterocycles. The second-order valence-corrected chi connectivity index (χ2v) is 4.30. The van der Waals surface area contributed by atoms with Crippen molar-refractivity contribution in [2.45, 2.75) is 32.4 Å². The van der Waals surface area contributed by atoms with Crippen LogP contribution in [0.25, 0.3) is 0 Å². The summed E-state index contributed by atoms with van der Waals surface area (Å²) in [6.07, 6.45) is 0.523. The van der Waals surface area contributed by atoms with Gasteiger partial charge in [0, 0.05) is 11.1 Å². The van der Waals surface area contributed by atoms with Crippen LogP contribution in [0.15, 0.2) is 24.3 Å². The number of aliphatic hydroxyl groups is 1. The fourth-order valence-corrected chi connectivity index (χ4v) is 1.60. The van der Waals surface area contributed by atoms with Gasteiger partial charge in [-0.3, -0.25) is 0 Å². The van der Waals surface area contributed by atoms with E-state index < -0.39 is 0 Å². The minimum atomic E-state index is -0.246. The molecule has 0 aromatic heterocycles. The van der Waals surface area contributed by atoms with Gasteiger partial charge in [-0.25, -0.2) is 0 Å². The molecule has 1 aromatic rings. The third-order valence-electron chi connectivity index (χ3n) is 2.36. The Labute approximate surface area is 96.3 Å². The Balaban J connectivity index is 2.43. The summed E-state index contributed by atoms with van der Waals surface area (Å²) in [5.41, 5.74) is 1.17. The number of aliphatic hydroxyl groups excluding tert-OH is 1. The standard InChI is InChI=1S/C12H18ClNO/c1-9(15)6-7-14-10(2)11-4-3-5-12(13)8-11/h3-5,8-10,14-15H,6-7H2,1-2H3/t9-,10-/m1/s1. The van der Waals surface area contributed by atoms with Gasteiger partial charge in [-0.05, 0) is 44.5 Å². The van der Waals surface area contributed by atoms with Crippen LogP contribution in [0.1, 0.15) is 31.9 Å². The lowest BCUT2D eigenvalue weighted by Gasteiger charge is -2.15. The molecule has 0 aliphatic rings. The van der Waals surface area contributed by atoms with E-state index in [9.17, 15) is 0 Å². The minimum Gasteiger partial charge on any atom is -0.393 e. The van der Waals surface area contributed by atoms with Crippen molar-refractivity contribution in [2.24, 2.45) is 0 Å². The average Bonchev–Trinajstić information content (AvgIpc) is 2.17. The van der Waals surface area contributed by atoms with Crippen molar-refractivity contribution in [3.8, 4) is 0 Å². The van der Waals surface area contributed by atoms with Crippen LogP contribution >= 0.6 is 11.6 Å². The molecule has 0 fully saturated rings. The molecule has 0 spiro atoms. The van der Waals surface area contributed by atoms with E-state index >= 15 is 0 Å². The van der Waals surface area contributed by atoms with E-state index in [4.69, 9.17) is 16.7 Å². The molecule has 84 valence electrons. The Morgan fingerprint density at radius 2 is 2.13 bits per heavy atom. The summed E-state index contributed by atoms with van der Waals surface area (Å²) < 4.78 is 0. The highest BCUT2D eigenvalue weighted by molar-refractivity contribution is 6.30. The molecule has 2 N–H and O–H groups in total. The van der Waals surface area contributed by atoms with Gasteiger partial charge in [0.2, 0.25) is 0 Å². The van der Waals surface area contributed by atoms with Crippen molar-refractivity contribution in [1.82, 2.24) is 5.32 Å². The van der Waals surface area contributed by atoms with Gasteiger partial charge in [0.1, 0.15) is 0 Å². The third-order valence-corrected chi connectivity index (χ3v) is 2.60. The SMILES string of the molecule is C[C@@H](O)CCN[C@H](C)c1cccc(Cl)c1. The summed E-state index contributed by atoms with van der Waals surface area (Å²) in [4.78, 5) is 0. The Morgan fingerprint density at radius 3 is 2.73 bits per heavy atom. The van der Waals surface area contributed by atoms with Gasteiger partial charge >= 0.3 is 0 Å². The fourth-order valence-electron chi connectivity index (χ4n) is 1.40. The quantitative estimate of drug-likeness (QED) is 0.811. The average molecular weight is 228 g/mol. The van der Waals surface area contributed by atoms with Crippen LogP contribution in [-0.2, 0) is 0 Å². The first kappa shape index (κ1) is 12.5. The Morgan fingerprint density at radius 1 is 1.40 bits per heavy atom. The van der Waals surface area contributed by atoms with Crippen LogP contribution in [0.2, 0.25) is 5.02 Å². The van der Waals surface area contributed by atoms with Crippen molar-refractivity contribution in [3.05, 3.63) is 34.9 Å². The molecule has 0 radical (unpaired) electrons. The van der Waals surface area contributed by atoms with Crippen molar-refractivity contribution in [3.63, 3.8) is 0 Å². The lowest BCUT2D eigenvalue weighted by Crippen LogP contribution is -2.22. The molecule has 0 amide bonds. The van der Waals surface area contributed by atoms with Crippen molar-refractivity contribution >= 4 is 11.6 Å². The largest absolute Gasteiger partial charge is 0.393 e. The highest BCUT2D eigenvalue weighted by atomic mass is 35.5. The Hall–Kier alpha value is -0.570. The highest BCUT2D eigenvalue weighted by Gasteiger charge is 2.05. The van der Waals surface area contributed by atoms with Gasteiger partial charge < -0.3 is 10.4 Å². The van der Waals surface area contributed by atoms with Gasteiger partial charge in [-0.15, -0.1) is 0 Å². The smallest absolute Gasteiger partial charge is 0.0524 e. The number of hydrogen-bond donors (Lipinski definition) is 2. The predicted octanol–water partition coefficient (Wildman–Crippen LogP) is 2.76. The number of halogens is 1. The number of nitrogens with one attached hydrogen (secondary N) is 1. The number of benzene rings is 1. The summed E-state index contributed by atoms with van der Waals surface area (Å²) in [6.45, 7) is 4.70. The second-order valence-electron chi connectivity index (χ2n) is 3.87. The first-order chi connectivity index (χ1) is 7.09. The third kappa shape index (κ3) is 4.65. The molecule has 3 heteroatoms. The molecule has 0 unspecified atom stereocenters. The van der Waals surface area contributed by atoms with Crippen LogP contribution < -0.4 is 5.32 Å². The minimum absolute atomic E-state index is 0.246. The van der Waals surface area contributed by atoms with Gasteiger partial charge in [-0.1, -0.05) is 23.7 Å². The summed E-state index contributed by atoms with van der Waals surface area (Å²) in [7, 11) is 0. The van der Waals surface area contributed by atoms with E-state index in [-0.39, 0.29) is 12.1 Å². The van der Waals surface area contributed by atoms with Crippen LogP contribution in [0.5, 0.6) is 0 Å². The first-order valence-electron chi connectivity index (χ1n) is 5.26. The van der Waals surface area contributed by atoms with E-state index in [0.29, 0.717) is 0 Å². The molecule has 0 heterocycles. The topological polar surface area (TPSA) is 32.3 Å².